The summed E-state index contributed by atoms with van der Waals surface area (Å²) in [6.45, 7) is 1.91. The van der Waals surface area contributed by atoms with Gasteiger partial charge in [-0.2, -0.15) is 0 Å². The lowest BCUT2D eigenvalue weighted by molar-refractivity contribution is -0.116. The first-order chi connectivity index (χ1) is 13.6. The predicted octanol–water partition coefficient (Wildman–Crippen LogP) is 4.44. The van der Waals surface area contributed by atoms with Gasteiger partial charge in [0.05, 0.1) is 14.2 Å². The molecule has 2 aromatic carbocycles. The summed E-state index contributed by atoms with van der Waals surface area (Å²) in [6, 6.07) is 12.2. The highest BCUT2D eigenvalue weighted by atomic mass is 16.5. The second-order valence-electron chi connectivity index (χ2n) is 6.12. The number of carbonyl (C=O) groups excluding carboxylic acids is 2. The Balaban J connectivity index is 1.94. The summed E-state index contributed by atoms with van der Waals surface area (Å²) in [5.41, 5.74) is 1.40. The molecule has 0 aliphatic heterocycles. The molecule has 0 bridgehead atoms. The lowest BCUT2D eigenvalue weighted by Gasteiger charge is -2.10. The number of fused-ring (bicyclic) bond motifs is 1. The minimum atomic E-state index is -0.477. The predicted molar refractivity (Wildman–Crippen MR) is 107 cm³/mol. The van der Waals surface area contributed by atoms with Crippen LogP contribution in [0.2, 0.25) is 0 Å². The monoisotopic (exact) mass is 382 g/mol. The van der Waals surface area contributed by atoms with Gasteiger partial charge in [-0.3, -0.25) is 9.59 Å². The Labute approximate surface area is 162 Å². The number of hydrogen-bond donors (Lipinski definition) is 2. The Morgan fingerprint density at radius 2 is 1.75 bits per heavy atom. The lowest BCUT2D eigenvalue weighted by atomic mass is 10.2. The average molecular weight is 382 g/mol. The molecule has 146 valence electrons. The van der Waals surface area contributed by atoms with E-state index in [2.05, 4.69) is 10.6 Å². The first kappa shape index (κ1) is 19.3. The molecule has 0 spiro atoms. The van der Waals surface area contributed by atoms with E-state index in [-0.39, 0.29) is 11.7 Å². The molecular formula is C21H22N2O5. The van der Waals surface area contributed by atoms with E-state index in [1.54, 1.807) is 36.4 Å². The Hall–Kier alpha value is -3.48. The third-order valence-electron chi connectivity index (χ3n) is 4.18. The number of amides is 2. The molecule has 2 N–H and O–H groups in total. The zero-order valence-electron chi connectivity index (χ0n) is 16.0. The Morgan fingerprint density at radius 1 is 1.00 bits per heavy atom. The van der Waals surface area contributed by atoms with Crippen LogP contribution in [0.1, 0.15) is 30.3 Å². The zero-order valence-corrected chi connectivity index (χ0v) is 16.0. The van der Waals surface area contributed by atoms with Crippen LogP contribution in [0.3, 0.4) is 0 Å². The maximum atomic E-state index is 12.9. The normalized spacial score (nSPS) is 10.5. The van der Waals surface area contributed by atoms with Gasteiger partial charge in [-0.05, 0) is 30.7 Å². The SMILES string of the molecule is CCCC(=O)Nc1c(C(=O)Nc2ccc(OC)c(OC)c2)oc2ccccc12. The fraction of sp³-hybridized carbons (Fsp3) is 0.238. The quantitative estimate of drug-likeness (QED) is 0.630. The summed E-state index contributed by atoms with van der Waals surface area (Å²) >= 11 is 0. The number of hydrogen-bond acceptors (Lipinski definition) is 5. The van der Waals surface area contributed by atoms with Crippen molar-refractivity contribution in [2.75, 3.05) is 24.9 Å². The highest BCUT2D eigenvalue weighted by Crippen LogP contribution is 2.33. The van der Waals surface area contributed by atoms with E-state index in [9.17, 15) is 9.59 Å². The van der Waals surface area contributed by atoms with Gasteiger partial charge < -0.3 is 24.5 Å². The van der Waals surface area contributed by atoms with E-state index in [1.165, 1.54) is 14.2 Å². The van der Waals surface area contributed by atoms with E-state index >= 15 is 0 Å². The minimum absolute atomic E-state index is 0.0421. The average Bonchev–Trinajstić information content (AvgIpc) is 3.06. The van der Waals surface area contributed by atoms with Crippen molar-refractivity contribution >= 4 is 34.2 Å². The van der Waals surface area contributed by atoms with Gasteiger partial charge in [0.2, 0.25) is 11.7 Å². The summed E-state index contributed by atoms with van der Waals surface area (Å²) in [5, 5.41) is 6.25. The van der Waals surface area contributed by atoms with Crippen molar-refractivity contribution in [2.45, 2.75) is 19.8 Å². The molecular weight excluding hydrogens is 360 g/mol. The number of furan rings is 1. The van der Waals surface area contributed by atoms with Gasteiger partial charge >= 0.3 is 0 Å². The molecule has 2 amide bonds. The summed E-state index contributed by atoms with van der Waals surface area (Å²) in [5.74, 6) is 0.433. The number of rotatable bonds is 7. The largest absolute Gasteiger partial charge is 0.493 e. The van der Waals surface area contributed by atoms with Crippen molar-refractivity contribution in [3.8, 4) is 11.5 Å². The highest BCUT2D eigenvalue weighted by Gasteiger charge is 2.22. The Morgan fingerprint density at radius 3 is 2.46 bits per heavy atom. The number of para-hydroxylation sites is 1. The third-order valence-corrected chi connectivity index (χ3v) is 4.18. The van der Waals surface area contributed by atoms with Crippen LogP contribution < -0.4 is 20.1 Å². The van der Waals surface area contributed by atoms with Crippen LogP contribution in [0, 0.1) is 0 Å². The fourth-order valence-corrected chi connectivity index (χ4v) is 2.86. The molecule has 0 saturated carbocycles. The zero-order chi connectivity index (χ0) is 20.1. The number of benzene rings is 2. The molecule has 28 heavy (non-hydrogen) atoms. The standard InChI is InChI=1S/C21H22N2O5/c1-4-7-18(24)23-19-14-8-5-6-9-15(14)28-20(19)21(25)22-13-10-11-16(26-2)17(12-13)27-3/h5-6,8-12H,4,7H2,1-3H3,(H,22,25)(H,23,24). The van der Waals surface area contributed by atoms with Gasteiger partial charge in [-0.25, -0.2) is 0 Å². The molecule has 0 radical (unpaired) electrons. The van der Waals surface area contributed by atoms with E-state index in [1.807, 2.05) is 13.0 Å². The maximum absolute atomic E-state index is 12.9. The number of anilines is 2. The molecule has 3 aromatic rings. The van der Waals surface area contributed by atoms with E-state index in [4.69, 9.17) is 13.9 Å². The van der Waals surface area contributed by atoms with Crippen LogP contribution in [-0.2, 0) is 4.79 Å². The topological polar surface area (TPSA) is 89.8 Å². The molecule has 7 nitrogen and oxygen atoms in total. The smallest absolute Gasteiger partial charge is 0.293 e. The molecule has 0 aliphatic rings. The lowest BCUT2D eigenvalue weighted by Crippen LogP contribution is -2.16. The molecule has 0 saturated heterocycles. The van der Waals surface area contributed by atoms with E-state index in [0.29, 0.717) is 46.7 Å². The van der Waals surface area contributed by atoms with Gasteiger partial charge in [-0.1, -0.05) is 19.1 Å². The van der Waals surface area contributed by atoms with Crippen molar-refractivity contribution in [1.29, 1.82) is 0 Å². The van der Waals surface area contributed by atoms with Crippen molar-refractivity contribution in [3.05, 3.63) is 48.2 Å². The van der Waals surface area contributed by atoms with Crippen molar-refractivity contribution in [3.63, 3.8) is 0 Å². The number of methoxy groups -OCH3 is 2. The van der Waals surface area contributed by atoms with Gasteiger partial charge in [0.25, 0.3) is 5.91 Å². The van der Waals surface area contributed by atoms with Gasteiger partial charge in [0.1, 0.15) is 11.3 Å². The highest BCUT2D eigenvalue weighted by molar-refractivity contribution is 6.14. The van der Waals surface area contributed by atoms with Crippen molar-refractivity contribution < 1.29 is 23.5 Å². The molecule has 0 unspecified atom stereocenters. The third kappa shape index (κ3) is 3.93. The van der Waals surface area contributed by atoms with Crippen LogP contribution in [0.15, 0.2) is 46.9 Å². The summed E-state index contributed by atoms with van der Waals surface area (Å²) in [7, 11) is 3.06. The molecule has 3 rings (SSSR count). The number of carbonyl (C=O) groups is 2. The fourth-order valence-electron chi connectivity index (χ4n) is 2.86. The first-order valence-electron chi connectivity index (χ1n) is 8.92. The van der Waals surface area contributed by atoms with Crippen LogP contribution in [-0.4, -0.2) is 26.0 Å². The summed E-state index contributed by atoms with van der Waals surface area (Å²) in [4.78, 5) is 25.0. The number of nitrogens with one attached hydrogen (secondary N) is 2. The molecule has 0 aliphatic carbocycles. The van der Waals surface area contributed by atoms with Gasteiger partial charge in [0.15, 0.2) is 11.5 Å². The van der Waals surface area contributed by atoms with E-state index < -0.39 is 5.91 Å². The second kappa shape index (κ2) is 8.47. The van der Waals surface area contributed by atoms with Crippen molar-refractivity contribution in [1.82, 2.24) is 0 Å². The number of ether oxygens (including phenoxy) is 2. The van der Waals surface area contributed by atoms with E-state index in [0.717, 1.165) is 0 Å². The van der Waals surface area contributed by atoms with Crippen LogP contribution in [0.25, 0.3) is 11.0 Å². The summed E-state index contributed by atoms with van der Waals surface area (Å²) in [6.07, 6.45) is 1.06. The van der Waals surface area contributed by atoms with Gasteiger partial charge in [0, 0.05) is 23.6 Å². The summed E-state index contributed by atoms with van der Waals surface area (Å²) < 4.78 is 16.2. The van der Waals surface area contributed by atoms with Gasteiger partial charge in [-0.15, -0.1) is 0 Å². The van der Waals surface area contributed by atoms with Crippen LogP contribution in [0.5, 0.6) is 11.5 Å². The molecule has 1 heterocycles. The molecule has 0 atom stereocenters. The Bertz CT molecular complexity index is 1010. The molecule has 7 heteroatoms. The van der Waals surface area contributed by atoms with Crippen LogP contribution in [0.4, 0.5) is 11.4 Å². The van der Waals surface area contributed by atoms with Crippen LogP contribution >= 0.6 is 0 Å². The van der Waals surface area contributed by atoms with Crippen molar-refractivity contribution in [2.24, 2.45) is 0 Å². The Kier molecular flexibility index (Phi) is 5.84. The molecule has 0 fully saturated rings. The first-order valence-corrected chi connectivity index (χ1v) is 8.92. The molecule has 1 aromatic heterocycles. The second-order valence-corrected chi connectivity index (χ2v) is 6.12. The minimum Gasteiger partial charge on any atom is -0.493 e. The maximum Gasteiger partial charge on any atom is 0.293 e.